The Morgan fingerprint density at radius 3 is 2.29 bits per heavy atom. The van der Waals surface area contributed by atoms with Gasteiger partial charge < -0.3 is 15.8 Å². The molecule has 1 aliphatic carbocycles. The third kappa shape index (κ3) is 3.64. The summed E-state index contributed by atoms with van der Waals surface area (Å²) in [5.74, 6) is 5.91. The van der Waals surface area contributed by atoms with Crippen LogP contribution in [0.4, 0.5) is 10.7 Å². The molecule has 6 heteroatoms. The van der Waals surface area contributed by atoms with Crippen LogP contribution in [-0.4, -0.2) is 29.2 Å². The summed E-state index contributed by atoms with van der Waals surface area (Å²) in [7, 11) is 0. The van der Waals surface area contributed by atoms with E-state index in [4.69, 9.17) is 10.5 Å². The van der Waals surface area contributed by atoms with Crippen molar-refractivity contribution in [2.75, 3.05) is 18.9 Å². The number of hydrogen-bond donors (Lipinski definition) is 2. The Morgan fingerprint density at radius 1 is 1.04 bits per heavy atom. The molecule has 1 aliphatic rings. The minimum Gasteiger partial charge on any atom is -0.449 e. The topological polar surface area (TPSA) is 90.1 Å². The molecule has 3 N–H and O–H groups in total. The molecule has 0 saturated carbocycles. The van der Waals surface area contributed by atoms with Gasteiger partial charge in [0.15, 0.2) is 0 Å². The number of alkyl carbamates (subject to hydrolysis) is 1. The predicted octanol–water partition coefficient (Wildman–Crippen LogP) is 2.95. The second kappa shape index (κ2) is 7.80. The maximum atomic E-state index is 12.0. The highest BCUT2D eigenvalue weighted by Gasteiger charge is 2.28. The number of aromatic nitrogens is 2. The summed E-state index contributed by atoms with van der Waals surface area (Å²) in [6.45, 7) is 0.445. The van der Waals surface area contributed by atoms with E-state index in [0.717, 1.165) is 0 Å². The summed E-state index contributed by atoms with van der Waals surface area (Å²) in [4.78, 5) is 19.7. The molecule has 0 atom stereocenters. The smallest absolute Gasteiger partial charge is 0.407 e. The van der Waals surface area contributed by atoms with Gasteiger partial charge in [0.05, 0.1) is 12.1 Å². The van der Waals surface area contributed by atoms with Gasteiger partial charge in [0.1, 0.15) is 6.61 Å². The van der Waals surface area contributed by atoms with Gasteiger partial charge >= 0.3 is 6.09 Å². The fraction of sp³-hybridized carbons (Fsp3) is 0.136. The van der Waals surface area contributed by atoms with E-state index in [1.54, 1.807) is 0 Å². The van der Waals surface area contributed by atoms with Crippen molar-refractivity contribution in [1.82, 2.24) is 15.3 Å². The lowest BCUT2D eigenvalue weighted by Gasteiger charge is -2.14. The number of fused-ring (bicyclic) bond motifs is 3. The van der Waals surface area contributed by atoms with Gasteiger partial charge in [0, 0.05) is 18.3 Å². The van der Waals surface area contributed by atoms with Gasteiger partial charge in [-0.15, -0.1) is 0 Å². The summed E-state index contributed by atoms with van der Waals surface area (Å²) < 4.78 is 5.45. The quantitative estimate of drug-likeness (QED) is 0.692. The number of rotatable bonds is 3. The number of carbonyl (C=O) groups excluding carboxylic acids is 1. The maximum Gasteiger partial charge on any atom is 0.407 e. The van der Waals surface area contributed by atoms with Crippen LogP contribution in [0, 0.1) is 11.8 Å². The molecule has 0 aliphatic heterocycles. The standard InChI is InChI=1S/C22H18N4O2/c23-21-25-12-15(13-26-21)6-5-11-24-22(27)28-14-20-18-9-3-1-7-16(18)17-8-2-4-10-19(17)20/h1-4,7-10,12-13,20H,11,14H2,(H,24,27)(H2,23,25,26). The van der Waals surface area contributed by atoms with E-state index < -0.39 is 6.09 Å². The molecular weight excluding hydrogens is 352 g/mol. The van der Waals surface area contributed by atoms with Gasteiger partial charge in [-0.05, 0) is 22.3 Å². The molecule has 2 aromatic carbocycles. The van der Waals surface area contributed by atoms with Gasteiger partial charge in [0.25, 0.3) is 0 Å². The molecule has 3 aromatic rings. The first kappa shape index (κ1) is 17.6. The summed E-state index contributed by atoms with van der Waals surface area (Å²) in [5, 5.41) is 2.64. The molecule has 28 heavy (non-hydrogen) atoms. The first-order valence-electron chi connectivity index (χ1n) is 8.87. The van der Waals surface area contributed by atoms with Crippen LogP contribution in [-0.2, 0) is 4.74 Å². The van der Waals surface area contributed by atoms with E-state index in [1.165, 1.54) is 34.6 Å². The zero-order chi connectivity index (χ0) is 19.3. The van der Waals surface area contributed by atoms with Crippen molar-refractivity contribution in [2.24, 2.45) is 0 Å². The predicted molar refractivity (Wildman–Crippen MR) is 106 cm³/mol. The largest absolute Gasteiger partial charge is 0.449 e. The third-order valence-electron chi connectivity index (χ3n) is 4.57. The zero-order valence-corrected chi connectivity index (χ0v) is 15.1. The van der Waals surface area contributed by atoms with Crippen molar-refractivity contribution in [3.05, 3.63) is 77.6 Å². The summed E-state index contributed by atoms with van der Waals surface area (Å²) in [5.41, 5.74) is 10.8. The normalized spacial score (nSPS) is 11.7. The fourth-order valence-corrected chi connectivity index (χ4v) is 3.31. The first-order valence-corrected chi connectivity index (χ1v) is 8.87. The minimum absolute atomic E-state index is 0.0381. The highest BCUT2D eigenvalue weighted by atomic mass is 16.5. The van der Waals surface area contributed by atoms with Crippen molar-refractivity contribution in [1.29, 1.82) is 0 Å². The second-order valence-corrected chi connectivity index (χ2v) is 6.31. The maximum absolute atomic E-state index is 12.0. The molecule has 1 heterocycles. The molecular formula is C22H18N4O2. The lowest BCUT2D eigenvalue weighted by Crippen LogP contribution is -2.26. The monoisotopic (exact) mass is 370 g/mol. The molecule has 0 spiro atoms. The lowest BCUT2D eigenvalue weighted by atomic mass is 9.98. The summed E-state index contributed by atoms with van der Waals surface area (Å²) >= 11 is 0. The zero-order valence-electron chi connectivity index (χ0n) is 15.1. The number of nitrogen functional groups attached to an aromatic ring is 1. The Labute approximate surface area is 162 Å². The van der Waals surface area contributed by atoms with Crippen molar-refractivity contribution in [3.8, 4) is 23.0 Å². The molecule has 4 rings (SSSR count). The molecule has 0 bridgehead atoms. The van der Waals surface area contributed by atoms with E-state index in [2.05, 4.69) is 51.4 Å². The highest BCUT2D eigenvalue weighted by molar-refractivity contribution is 5.79. The van der Waals surface area contributed by atoms with Gasteiger partial charge in [-0.3, -0.25) is 0 Å². The number of hydrogen-bond acceptors (Lipinski definition) is 5. The number of carbonyl (C=O) groups is 1. The van der Waals surface area contributed by atoms with Crippen LogP contribution in [0.5, 0.6) is 0 Å². The molecule has 1 amide bonds. The van der Waals surface area contributed by atoms with E-state index in [0.29, 0.717) is 5.56 Å². The molecule has 138 valence electrons. The Balaban J connectivity index is 1.35. The van der Waals surface area contributed by atoms with Crippen LogP contribution in [0.2, 0.25) is 0 Å². The second-order valence-electron chi connectivity index (χ2n) is 6.31. The number of nitrogens with two attached hydrogens (primary N) is 1. The Hall–Kier alpha value is -3.85. The van der Waals surface area contributed by atoms with E-state index >= 15 is 0 Å². The van der Waals surface area contributed by atoms with Gasteiger partial charge in [0.2, 0.25) is 5.95 Å². The Morgan fingerprint density at radius 2 is 1.64 bits per heavy atom. The SMILES string of the molecule is Nc1ncc(C#CCNC(=O)OCC2c3ccccc3-c3ccccc32)cn1. The molecule has 0 saturated heterocycles. The van der Waals surface area contributed by atoms with Gasteiger partial charge in [-0.1, -0.05) is 60.4 Å². The number of nitrogens with zero attached hydrogens (tertiary/aromatic N) is 2. The van der Waals surface area contributed by atoms with Crippen molar-refractivity contribution in [2.45, 2.75) is 5.92 Å². The van der Waals surface area contributed by atoms with Crippen LogP contribution < -0.4 is 11.1 Å². The number of nitrogens with one attached hydrogen (secondary N) is 1. The van der Waals surface area contributed by atoms with E-state index in [1.807, 2.05) is 24.3 Å². The van der Waals surface area contributed by atoms with E-state index in [9.17, 15) is 4.79 Å². The summed E-state index contributed by atoms with van der Waals surface area (Å²) in [6.07, 6.45) is 2.57. The van der Waals surface area contributed by atoms with E-state index in [-0.39, 0.29) is 25.0 Å². The van der Waals surface area contributed by atoms with Crippen molar-refractivity contribution < 1.29 is 9.53 Å². The highest BCUT2D eigenvalue weighted by Crippen LogP contribution is 2.44. The molecule has 0 radical (unpaired) electrons. The fourth-order valence-electron chi connectivity index (χ4n) is 3.31. The third-order valence-corrected chi connectivity index (χ3v) is 4.57. The molecule has 0 fully saturated rings. The first-order chi connectivity index (χ1) is 13.7. The number of ether oxygens (including phenoxy) is 1. The molecule has 1 aromatic heterocycles. The van der Waals surface area contributed by atoms with Crippen LogP contribution in [0.25, 0.3) is 11.1 Å². The Bertz CT molecular complexity index is 1020. The van der Waals surface area contributed by atoms with Crippen LogP contribution in [0.3, 0.4) is 0 Å². The average molecular weight is 370 g/mol. The average Bonchev–Trinajstić information content (AvgIpc) is 3.05. The number of amides is 1. The van der Waals surface area contributed by atoms with Crippen LogP contribution in [0.15, 0.2) is 60.9 Å². The van der Waals surface area contributed by atoms with Crippen LogP contribution in [0.1, 0.15) is 22.6 Å². The van der Waals surface area contributed by atoms with Crippen molar-refractivity contribution in [3.63, 3.8) is 0 Å². The number of benzene rings is 2. The molecule has 0 unspecified atom stereocenters. The minimum atomic E-state index is -0.496. The van der Waals surface area contributed by atoms with Gasteiger partial charge in [-0.25, -0.2) is 14.8 Å². The van der Waals surface area contributed by atoms with Crippen LogP contribution >= 0.6 is 0 Å². The lowest BCUT2D eigenvalue weighted by molar-refractivity contribution is 0.144. The summed E-state index contributed by atoms with van der Waals surface area (Å²) in [6, 6.07) is 16.4. The number of anilines is 1. The molecule has 6 nitrogen and oxygen atoms in total. The van der Waals surface area contributed by atoms with Crippen molar-refractivity contribution >= 4 is 12.0 Å². The Kier molecular flexibility index (Phi) is 4.89. The van der Waals surface area contributed by atoms with Gasteiger partial charge in [-0.2, -0.15) is 0 Å².